The van der Waals surface area contributed by atoms with E-state index in [0.717, 1.165) is 13.1 Å². The second kappa shape index (κ2) is 6.91. The van der Waals surface area contributed by atoms with Crippen LogP contribution in [0.15, 0.2) is 30.3 Å². The smallest absolute Gasteiger partial charge is 0.0230 e. The summed E-state index contributed by atoms with van der Waals surface area (Å²) in [6, 6.07) is 11.1. The summed E-state index contributed by atoms with van der Waals surface area (Å²) in [7, 11) is 2.21. The minimum Gasteiger partial charge on any atom is -0.327 e. The number of hydrogen-bond acceptors (Lipinski definition) is 2. The van der Waals surface area contributed by atoms with E-state index in [4.69, 9.17) is 5.73 Å². The maximum Gasteiger partial charge on any atom is 0.0230 e. The number of rotatable bonds is 4. The molecule has 1 aromatic rings. The number of nitrogens with zero attached hydrogens (tertiary/aromatic N) is 1. The first-order valence-electron chi connectivity index (χ1n) is 7.24. The lowest BCUT2D eigenvalue weighted by atomic mass is 9.95. The minimum absolute atomic E-state index is 0.408. The Morgan fingerprint density at radius 3 is 2.61 bits per heavy atom. The summed E-state index contributed by atoms with van der Waals surface area (Å²) >= 11 is 0. The normalized spacial score (nSPS) is 25.1. The molecule has 0 aliphatic heterocycles. The van der Waals surface area contributed by atoms with Crippen molar-refractivity contribution < 1.29 is 0 Å². The first-order valence-corrected chi connectivity index (χ1v) is 7.24. The van der Waals surface area contributed by atoms with E-state index < -0.39 is 0 Å². The maximum absolute atomic E-state index is 6.29. The SMILES string of the molecule is CN(Cc1ccccc1)CC1CCCCCC1N. The van der Waals surface area contributed by atoms with E-state index in [1.54, 1.807) is 0 Å². The molecule has 1 aromatic carbocycles. The van der Waals surface area contributed by atoms with Crippen molar-refractivity contribution in [2.45, 2.75) is 44.7 Å². The summed E-state index contributed by atoms with van der Waals surface area (Å²) in [6.45, 7) is 2.17. The Hall–Kier alpha value is -0.860. The molecule has 0 radical (unpaired) electrons. The third kappa shape index (κ3) is 4.11. The van der Waals surface area contributed by atoms with Gasteiger partial charge in [0.15, 0.2) is 0 Å². The van der Waals surface area contributed by atoms with Crippen LogP contribution in [0.4, 0.5) is 0 Å². The van der Waals surface area contributed by atoms with Crippen LogP contribution in [0.1, 0.15) is 37.7 Å². The molecule has 0 aromatic heterocycles. The topological polar surface area (TPSA) is 29.3 Å². The molecule has 18 heavy (non-hydrogen) atoms. The highest BCUT2D eigenvalue weighted by atomic mass is 15.1. The molecule has 2 atom stereocenters. The van der Waals surface area contributed by atoms with Gasteiger partial charge in [-0.05, 0) is 31.4 Å². The molecule has 0 amide bonds. The second-order valence-corrected chi connectivity index (χ2v) is 5.74. The van der Waals surface area contributed by atoms with Gasteiger partial charge in [-0.2, -0.15) is 0 Å². The van der Waals surface area contributed by atoms with Crippen LogP contribution in [0, 0.1) is 5.92 Å². The Bertz CT molecular complexity index is 336. The zero-order valence-corrected chi connectivity index (χ0v) is 11.5. The molecule has 2 N–H and O–H groups in total. The summed E-state index contributed by atoms with van der Waals surface area (Å²) in [5.41, 5.74) is 7.68. The highest BCUT2D eigenvalue weighted by molar-refractivity contribution is 5.14. The van der Waals surface area contributed by atoms with Gasteiger partial charge in [-0.3, -0.25) is 0 Å². The lowest BCUT2D eigenvalue weighted by molar-refractivity contribution is 0.237. The van der Waals surface area contributed by atoms with Gasteiger partial charge in [-0.1, -0.05) is 49.6 Å². The van der Waals surface area contributed by atoms with Crippen molar-refractivity contribution in [1.82, 2.24) is 4.90 Å². The zero-order chi connectivity index (χ0) is 12.8. The molecule has 2 rings (SSSR count). The molecular weight excluding hydrogens is 220 g/mol. The van der Waals surface area contributed by atoms with Gasteiger partial charge in [0, 0.05) is 19.1 Å². The minimum atomic E-state index is 0.408. The Morgan fingerprint density at radius 2 is 1.83 bits per heavy atom. The van der Waals surface area contributed by atoms with Gasteiger partial charge < -0.3 is 10.6 Å². The van der Waals surface area contributed by atoms with Crippen LogP contribution < -0.4 is 5.73 Å². The van der Waals surface area contributed by atoms with E-state index >= 15 is 0 Å². The lowest BCUT2D eigenvalue weighted by Crippen LogP contribution is -2.37. The highest BCUT2D eigenvalue weighted by Gasteiger charge is 2.21. The predicted octanol–water partition coefficient (Wildman–Crippen LogP) is 3.03. The first-order chi connectivity index (χ1) is 8.75. The summed E-state index contributed by atoms with van der Waals surface area (Å²) in [5, 5.41) is 0. The Kier molecular flexibility index (Phi) is 5.21. The van der Waals surface area contributed by atoms with Gasteiger partial charge in [0.05, 0.1) is 0 Å². The number of benzene rings is 1. The second-order valence-electron chi connectivity index (χ2n) is 5.74. The fourth-order valence-electron chi connectivity index (χ4n) is 3.00. The van der Waals surface area contributed by atoms with Gasteiger partial charge in [0.1, 0.15) is 0 Å². The summed E-state index contributed by atoms with van der Waals surface area (Å²) in [5.74, 6) is 0.682. The third-order valence-corrected chi connectivity index (χ3v) is 4.06. The average Bonchev–Trinajstić information content (AvgIpc) is 2.56. The third-order valence-electron chi connectivity index (χ3n) is 4.06. The van der Waals surface area contributed by atoms with E-state index in [0.29, 0.717) is 12.0 Å². The Morgan fingerprint density at radius 1 is 1.11 bits per heavy atom. The first kappa shape index (κ1) is 13.6. The molecular formula is C16H26N2. The Balaban J connectivity index is 1.84. The van der Waals surface area contributed by atoms with Crippen LogP contribution in [-0.2, 0) is 6.54 Å². The van der Waals surface area contributed by atoms with Crippen LogP contribution in [-0.4, -0.2) is 24.5 Å². The van der Waals surface area contributed by atoms with Gasteiger partial charge in [0.25, 0.3) is 0 Å². The van der Waals surface area contributed by atoms with Crippen molar-refractivity contribution in [1.29, 1.82) is 0 Å². The van der Waals surface area contributed by atoms with Crippen LogP contribution in [0.5, 0.6) is 0 Å². The molecule has 1 fully saturated rings. The van der Waals surface area contributed by atoms with Crippen molar-refractivity contribution in [2.24, 2.45) is 11.7 Å². The predicted molar refractivity (Wildman–Crippen MR) is 77.3 cm³/mol. The van der Waals surface area contributed by atoms with Gasteiger partial charge in [-0.15, -0.1) is 0 Å². The van der Waals surface area contributed by atoms with Crippen LogP contribution in [0.25, 0.3) is 0 Å². The van der Waals surface area contributed by atoms with Crippen LogP contribution in [0.3, 0.4) is 0 Å². The lowest BCUT2D eigenvalue weighted by Gasteiger charge is -2.27. The molecule has 0 bridgehead atoms. The molecule has 2 heteroatoms. The van der Waals surface area contributed by atoms with Crippen molar-refractivity contribution >= 4 is 0 Å². The average molecular weight is 246 g/mol. The van der Waals surface area contributed by atoms with E-state index in [1.165, 1.54) is 37.7 Å². The molecule has 1 saturated carbocycles. The standard InChI is InChI=1S/C16H26N2/c1-18(12-14-8-4-2-5-9-14)13-15-10-6-3-7-11-16(15)17/h2,4-5,8-9,15-16H,3,6-7,10-13,17H2,1H3. The monoisotopic (exact) mass is 246 g/mol. The van der Waals surface area contributed by atoms with Gasteiger partial charge >= 0.3 is 0 Å². The van der Waals surface area contributed by atoms with E-state index in [2.05, 4.69) is 42.3 Å². The highest BCUT2D eigenvalue weighted by Crippen LogP contribution is 2.23. The molecule has 2 unspecified atom stereocenters. The summed E-state index contributed by atoms with van der Waals surface area (Å²) in [6.07, 6.45) is 6.56. The van der Waals surface area contributed by atoms with Gasteiger partial charge in [0.2, 0.25) is 0 Å². The van der Waals surface area contributed by atoms with Crippen molar-refractivity contribution in [3.05, 3.63) is 35.9 Å². The van der Waals surface area contributed by atoms with Crippen molar-refractivity contribution in [3.8, 4) is 0 Å². The van der Waals surface area contributed by atoms with Crippen molar-refractivity contribution in [2.75, 3.05) is 13.6 Å². The molecule has 0 heterocycles. The molecule has 1 aliphatic carbocycles. The van der Waals surface area contributed by atoms with E-state index in [1.807, 2.05) is 0 Å². The largest absolute Gasteiger partial charge is 0.327 e. The maximum atomic E-state index is 6.29. The van der Waals surface area contributed by atoms with Gasteiger partial charge in [-0.25, -0.2) is 0 Å². The van der Waals surface area contributed by atoms with Crippen LogP contribution >= 0.6 is 0 Å². The van der Waals surface area contributed by atoms with Crippen molar-refractivity contribution in [3.63, 3.8) is 0 Å². The molecule has 1 aliphatic rings. The molecule has 0 saturated heterocycles. The molecule has 2 nitrogen and oxygen atoms in total. The number of hydrogen-bond donors (Lipinski definition) is 1. The van der Waals surface area contributed by atoms with E-state index in [-0.39, 0.29) is 0 Å². The molecule has 100 valence electrons. The number of nitrogens with two attached hydrogens (primary N) is 1. The van der Waals surface area contributed by atoms with E-state index in [9.17, 15) is 0 Å². The Labute approximate surface area is 111 Å². The fourth-order valence-corrected chi connectivity index (χ4v) is 3.00. The zero-order valence-electron chi connectivity index (χ0n) is 11.5. The quantitative estimate of drug-likeness (QED) is 0.827. The van der Waals surface area contributed by atoms with Crippen LogP contribution in [0.2, 0.25) is 0 Å². The summed E-state index contributed by atoms with van der Waals surface area (Å²) < 4.78 is 0. The molecule has 0 spiro atoms. The summed E-state index contributed by atoms with van der Waals surface area (Å²) in [4.78, 5) is 2.42. The fraction of sp³-hybridized carbons (Fsp3) is 0.625.